The van der Waals surface area contributed by atoms with Crippen molar-refractivity contribution in [3.8, 4) is 0 Å². The molecule has 6 heteroatoms. The third kappa shape index (κ3) is 6.84. The number of nitrogens with one attached hydrogen (secondary N) is 1. The first-order chi connectivity index (χ1) is 11.8. The van der Waals surface area contributed by atoms with Gasteiger partial charge >= 0.3 is 0 Å². The lowest BCUT2D eigenvalue weighted by Gasteiger charge is -2.22. The average molecular weight is 350 g/mol. The maximum atomic E-state index is 11.0. The molecule has 1 unspecified atom stereocenters. The molecule has 0 saturated carbocycles. The molecule has 1 atom stereocenters. The van der Waals surface area contributed by atoms with Gasteiger partial charge in [0.25, 0.3) is 5.91 Å². The van der Waals surface area contributed by atoms with E-state index >= 15 is 0 Å². The first-order valence-corrected chi connectivity index (χ1v) is 8.57. The zero-order valence-electron chi connectivity index (χ0n) is 15.6. The summed E-state index contributed by atoms with van der Waals surface area (Å²) in [5, 5.41) is 12.0. The summed E-state index contributed by atoms with van der Waals surface area (Å²) in [7, 11) is 1.96. The van der Waals surface area contributed by atoms with Crippen molar-refractivity contribution in [3.63, 3.8) is 0 Å². The number of benzene rings is 1. The van der Waals surface area contributed by atoms with E-state index < -0.39 is 5.91 Å². The Morgan fingerprint density at radius 3 is 2.60 bits per heavy atom. The van der Waals surface area contributed by atoms with Crippen LogP contribution < -0.4 is 5.32 Å². The number of aliphatic hydroxyl groups is 1. The molecule has 0 bridgehead atoms. The van der Waals surface area contributed by atoms with Crippen molar-refractivity contribution in [2.24, 2.45) is 0 Å². The molecule has 1 fully saturated rings. The van der Waals surface area contributed by atoms with Gasteiger partial charge in [0.05, 0.1) is 12.7 Å². The molecule has 6 nitrogen and oxygen atoms in total. The van der Waals surface area contributed by atoms with E-state index in [0.29, 0.717) is 32.4 Å². The molecular formula is C19H30N2O4. The Morgan fingerprint density at radius 2 is 2.08 bits per heavy atom. The molecule has 2 N–H and O–H groups in total. The number of aldehydes is 1. The summed E-state index contributed by atoms with van der Waals surface area (Å²) >= 11 is 0. The van der Waals surface area contributed by atoms with E-state index in [1.165, 1.54) is 16.2 Å². The smallest absolute Gasteiger partial charge is 0.286 e. The van der Waals surface area contributed by atoms with Gasteiger partial charge in [-0.15, -0.1) is 0 Å². The van der Waals surface area contributed by atoms with Crippen LogP contribution in [0.3, 0.4) is 0 Å². The normalized spacial score (nSPS) is 17.8. The Bertz CT molecular complexity index is 555. The largest absolute Gasteiger partial charge is 0.394 e. The summed E-state index contributed by atoms with van der Waals surface area (Å²) in [4.78, 5) is 22.6. The van der Waals surface area contributed by atoms with Gasteiger partial charge in [-0.3, -0.25) is 9.59 Å². The first-order valence-electron chi connectivity index (χ1n) is 8.57. The van der Waals surface area contributed by atoms with Crippen molar-refractivity contribution in [3.05, 3.63) is 29.8 Å². The Hall–Kier alpha value is -1.92. The fourth-order valence-corrected chi connectivity index (χ4v) is 2.64. The second-order valence-electron chi connectivity index (χ2n) is 6.98. The minimum Gasteiger partial charge on any atom is -0.394 e. The summed E-state index contributed by atoms with van der Waals surface area (Å²) < 4.78 is 5.22. The summed E-state index contributed by atoms with van der Waals surface area (Å²) in [5.74, 6) is -0.538. The van der Waals surface area contributed by atoms with Crippen LogP contribution in [0.1, 0.15) is 32.8 Å². The van der Waals surface area contributed by atoms with Crippen molar-refractivity contribution < 1.29 is 19.4 Å². The number of hydrogen-bond acceptors (Lipinski definition) is 5. The van der Waals surface area contributed by atoms with E-state index in [9.17, 15) is 9.59 Å². The summed E-state index contributed by atoms with van der Waals surface area (Å²) in [6.45, 7) is 7.90. The molecule has 0 radical (unpaired) electrons. The fourth-order valence-electron chi connectivity index (χ4n) is 2.64. The monoisotopic (exact) mass is 350 g/mol. The molecule has 140 valence electrons. The highest BCUT2D eigenvalue weighted by molar-refractivity contribution is 6.23. The molecule has 1 aromatic rings. The lowest BCUT2D eigenvalue weighted by Crippen LogP contribution is -2.38. The number of amides is 1. The highest BCUT2D eigenvalue weighted by atomic mass is 16.5. The van der Waals surface area contributed by atoms with Crippen LogP contribution in [0.5, 0.6) is 0 Å². The Morgan fingerprint density at radius 1 is 1.40 bits per heavy atom. The zero-order chi connectivity index (χ0) is 18.9. The molecule has 1 amide bonds. The number of carbonyl (C=O) groups is 2. The van der Waals surface area contributed by atoms with Gasteiger partial charge in [-0.25, -0.2) is 0 Å². The topological polar surface area (TPSA) is 78.9 Å². The van der Waals surface area contributed by atoms with E-state index in [1.54, 1.807) is 0 Å². The molecule has 1 aromatic carbocycles. The minimum atomic E-state index is -0.538. The quantitative estimate of drug-likeness (QED) is 0.642. The van der Waals surface area contributed by atoms with Crippen molar-refractivity contribution in [2.45, 2.75) is 38.7 Å². The number of nitrogens with zero attached hydrogens (tertiary/aromatic N) is 1. The van der Waals surface area contributed by atoms with Crippen LogP contribution in [-0.4, -0.2) is 61.7 Å². The second kappa shape index (κ2) is 10.2. The number of para-hydroxylation sites is 1. The molecule has 1 aliphatic heterocycles. The summed E-state index contributed by atoms with van der Waals surface area (Å²) in [5.41, 5.74) is 2.82. The second-order valence-corrected chi connectivity index (χ2v) is 6.98. The Kier molecular flexibility index (Phi) is 8.58. The number of ether oxygens (including phenoxy) is 1. The van der Waals surface area contributed by atoms with Crippen molar-refractivity contribution >= 4 is 17.9 Å². The maximum Gasteiger partial charge on any atom is 0.286 e. The van der Waals surface area contributed by atoms with Gasteiger partial charge in [0.15, 0.2) is 0 Å². The molecule has 0 aliphatic carbocycles. The molecule has 2 rings (SSSR count). The van der Waals surface area contributed by atoms with Gasteiger partial charge in [0.1, 0.15) is 0 Å². The zero-order valence-corrected chi connectivity index (χ0v) is 15.6. The van der Waals surface area contributed by atoms with Gasteiger partial charge in [0.2, 0.25) is 6.29 Å². The molecule has 0 aromatic heterocycles. The van der Waals surface area contributed by atoms with Gasteiger partial charge in [0, 0.05) is 32.4 Å². The van der Waals surface area contributed by atoms with Crippen LogP contribution in [0.15, 0.2) is 24.3 Å². The minimum absolute atomic E-state index is 0.122. The number of hydrogen-bond donors (Lipinski definition) is 2. The van der Waals surface area contributed by atoms with Crippen molar-refractivity contribution in [2.75, 3.05) is 38.7 Å². The molecular weight excluding hydrogens is 320 g/mol. The van der Waals surface area contributed by atoms with E-state index in [-0.39, 0.29) is 18.1 Å². The average Bonchev–Trinajstić information content (AvgIpc) is 2.86. The molecule has 1 saturated heterocycles. The standard InChI is InChI=1S/C11H17N.C8H13NO4/c1-11(2,3)9-7-5-6-8-10(9)12-4;10-5-7-4-9(8(12)6-11)2-1-3-13-7/h5-8,12H,1-4H3;6-7,10H,1-5H2. The lowest BCUT2D eigenvalue weighted by molar-refractivity contribution is -0.139. The number of rotatable bonds is 3. The Balaban J connectivity index is 0.000000251. The summed E-state index contributed by atoms with van der Waals surface area (Å²) in [6.07, 6.45) is 0.641. The highest BCUT2D eigenvalue weighted by Crippen LogP contribution is 2.28. The van der Waals surface area contributed by atoms with E-state index in [0.717, 1.165) is 0 Å². The number of aliphatic hydroxyl groups excluding tert-OH is 1. The lowest BCUT2D eigenvalue weighted by atomic mass is 9.86. The fraction of sp³-hybridized carbons (Fsp3) is 0.579. The van der Waals surface area contributed by atoms with Crippen LogP contribution in [0.2, 0.25) is 0 Å². The predicted molar refractivity (Wildman–Crippen MR) is 98.8 cm³/mol. The maximum absolute atomic E-state index is 11.0. The first kappa shape index (κ1) is 21.1. The van der Waals surface area contributed by atoms with E-state index in [1.807, 2.05) is 7.05 Å². The molecule has 25 heavy (non-hydrogen) atoms. The number of carbonyl (C=O) groups excluding carboxylic acids is 2. The third-order valence-electron chi connectivity index (χ3n) is 3.97. The van der Waals surface area contributed by atoms with Crippen LogP contribution in [0.4, 0.5) is 5.69 Å². The van der Waals surface area contributed by atoms with E-state index in [4.69, 9.17) is 9.84 Å². The summed E-state index contributed by atoms with van der Waals surface area (Å²) in [6, 6.07) is 8.43. The van der Waals surface area contributed by atoms with Crippen LogP contribution in [0.25, 0.3) is 0 Å². The van der Waals surface area contributed by atoms with Gasteiger partial charge in [-0.2, -0.15) is 0 Å². The molecule has 1 heterocycles. The van der Waals surface area contributed by atoms with Gasteiger partial charge in [-0.1, -0.05) is 39.0 Å². The van der Waals surface area contributed by atoms with Crippen molar-refractivity contribution in [1.29, 1.82) is 0 Å². The van der Waals surface area contributed by atoms with Crippen LogP contribution in [-0.2, 0) is 19.7 Å². The van der Waals surface area contributed by atoms with Gasteiger partial charge < -0.3 is 20.1 Å². The SMILES string of the molecule is CNc1ccccc1C(C)(C)C.O=CC(=O)N1CCCOC(CO)C1. The van der Waals surface area contributed by atoms with Crippen molar-refractivity contribution in [1.82, 2.24) is 4.90 Å². The molecule has 0 spiro atoms. The molecule has 1 aliphatic rings. The van der Waals surface area contributed by atoms with Gasteiger partial charge in [-0.05, 0) is 23.5 Å². The highest BCUT2D eigenvalue weighted by Gasteiger charge is 2.21. The predicted octanol–water partition coefficient (Wildman–Crippen LogP) is 1.82. The van der Waals surface area contributed by atoms with Crippen LogP contribution >= 0.6 is 0 Å². The Labute approximate surface area is 150 Å². The van der Waals surface area contributed by atoms with Crippen LogP contribution in [0, 0.1) is 0 Å². The number of anilines is 1. The third-order valence-corrected chi connectivity index (χ3v) is 3.97. The van der Waals surface area contributed by atoms with E-state index in [2.05, 4.69) is 50.4 Å².